The van der Waals surface area contributed by atoms with Gasteiger partial charge >= 0.3 is 12.1 Å². The zero-order valence-electron chi connectivity index (χ0n) is 13.6. The summed E-state index contributed by atoms with van der Waals surface area (Å²) in [5.74, 6) is -0.984. The van der Waals surface area contributed by atoms with Crippen LogP contribution in [0.5, 0.6) is 0 Å². The zero-order valence-corrected chi connectivity index (χ0v) is 13.6. The molecule has 1 amide bonds. The molecule has 7 heteroatoms. The molecule has 1 atom stereocenters. The van der Waals surface area contributed by atoms with Gasteiger partial charge in [0.1, 0.15) is 23.3 Å². The third-order valence-electron chi connectivity index (χ3n) is 3.12. The summed E-state index contributed by atoms with van der Waals surface area (Å²) in [5, 5.41) is 21.2. The minimum atomic E-state index is -1.17. The molecule has 1 aromatic heterocycles. The van der Waals surface area contributed by atoms with Gasteiger partial charge in [-0.15, -0.1) is 0 Å². The van der Waals surface area contributed by atoms with Gasteiger partial charge in [0.25, 0.3) is 0 Å². The molecule has 0 bridgehead atoms. The summed E-state index contributed by atoms with van der Waals surface area (Å²) in [6.07, 6.45) is -0.728. The number of fused-ring (bicyclic) bond motifs is 1. The highest BCUT2D eigenvalue weighted by molar-refractivity contribution is 5.82. The van der Waals surface area contributed by atoms with Crippen LogP contribution in [0.1, 0.15) is 32.1 Å². The van der Waals surface area contributed by atoms with Gasteiger partial charge in [-0.05, 0) is 32.4 Å². The van der Waals surface area contributed by atoms with E-state index in [4.69, 9.17) is 14.4 Å². The summed E-state index contributed by atoms with van der Waals surface area (Å²) in [4.78, 5) is 23.1. The smallest absolute Gasteiger partial charge is 0.408 e. The third kappa shape index (κ3) is 4.49. The second-order valence-corrected chi connectivity index (χ2v) is 6.34. The molecule has 2 rings (SSSR count). The number of nitrogens with one attached hydrogen (secondary N) is 1. The van der Waals surface area contributed by atoms with Crippen LogP contribution in [-0.4, -0.2) is 28.8 Å². The fourth-order valence-corrected chi connectivity index (χ4v) is 2.14. The van der Waals surface area contributed by atoms with Crippen molar-refractivity contribution in [3.8, 4) is 6.07 Å². The Morgan fingerprint density at radius 3 is 2.67 bits per heavy atom. The van der Waals surface area contributed by atoms with Crippen molar-refractivity contribution >= 4 is 23.0 Å². The Bertz CT molecular complexity index is 810. The van der Waals surface area contributed by atoms with E-state index in [-0.39, 0.29) is 12.2 Å². The van der Waals surface area contributed by atoms with E-state index in [1.54, 1.807) is 45.0 Å². The molecule has 2 aromatic rings. The normalized spacial score (nSPS) is 12.4. The van der Waals surface area contributed by atoms with Crippen molar-refractivity contribution in [3.05, 3.63) is 35.6 Å². The van der Waals surface area contributed by atoms with Gasteiger partial charge in [-0.1, -0.05) is 12.1 Å². The Labute approximate surface area is 138 Å². The molecule has 126 valence electrons. The topological polar surface area (TPSA) is 113 Å². The van der Waals surface area contributed by atoms with E-state index in [2.05, 4.69) is 5.32 Å². The molecule has 2 N–H and O–H groups in total. The first kappa shape index (κ1) is 17.3. The Kier molecular flexibility index (Phi) is 4.79. The summed E-state index contributed by atoms with van der Waals surface area (Å²) in [6.45, 7) is 5.08. The van der Waals surface area contributed by atoms with E-state index in [0.717, 1.165) is 5.39 Å². The Morgan fingerprint density at radius 2 is 2.08 bits per heavy atom. The lowest BCUT2D eigenvalue weighted by Gasteiger charge is -2.22. The maximum atomic E-state index is 11.8. The lowest BCUT2D eigenvalue weighted by molar-refractivity contribution is -0.139. The van der Waals surface area contributed by atoms with Gasteiger partial charge in [-0.25, -0.2) is 9.59 Å². The molecule has 0 radical (unpaired) electrons. The number of nitrogens with zero attached hydrogens (tertiary/aromatic N) is 1. The first-order chi connectivity index (χ1) is 11.2. The number of carbonyl (C=O) groups excluding carboxylic acids is 1. The summed E-state index contributed by atoms with van der Waals surface area (Å²) in [7, 11) is 0. The van der Waals surface area contributed by atoms with Crippen LogP contribution < -0.4 is 5.32 Å². The van der Waals surface area contributed by atoms with E-state index in [1.165, 1.54) is 0 Å². The van der Waals surface area contributed by atoms with Crippen LogP contribution in [0, 0.1) is 11.3 Å². The van der Waals surface area contributed by atoms with E-state index < -0.39 is 23.7 Å². The molecule has 1 aromatic carbocycles. The van der Waals surface area contributed by atoms with E-state index >= 15 is 0 Å². The lowest BCUT2D eigenvalue weighted by atomic mass is 10.0. The van der Waals surface area contributed by atoms with Gasteiger partial charge in [0.2, 0.25) is 5.76 Å². The number of carboxylic acid groups (broad SMARTS) is 1. The molecule has 7 nitrogen and oxygen atoms in total. The van der Waals surface area contributed by atoms with Gasteiger partial charge < -0.3 is 19.6 Å². The van der Waals surface area contributed by atoms with Gasteiger partial charge in [-0.3, -0.25) is 0 Å². The maximum Gasteiger partial charge on any atom is 0.408 e. The standard InChI is InChI=1S/C17H18N2O5/c1-17(2,3)24-16(22)19-13(15(20)21)6-10-4-5-11-8-12(9-18)23-14(11)7-10/h4-5,7-8,13H,6H2,1-3H3,(H,19,22)(H,20,21)/t13-/m0/s1. The molecular weight excluding hydrogens is 312 g/mol. The molecular formula is C17H18N2O5. The highest BCUT2D eigenvalue weighted by Crippen LogP contribution is 2.21. The minimum absolute atomic E-state index is 0.0626. The summed E-state index contributed by atoms with van der Waals surface area (Å²) in [5.41, 5.74) is 0.434. The molecule has 0 spiro atoms. The first-order valence-corrected chi connectivity index (χ1v) is 7.33. The summed E-state index contributed by atoms with van der Waals surface area (Å²) >= 11 is 0. The Balaban J connectivity index is 2.14. The molecule has 0 aliphatic heterocycles. The molecule has 0 aliphatic carbocycles. The second kappa shape index (κ2) is 6.62. The number of furan rings is 1. The predicted molar refractivity (Wildman–Crippen MR) is 85.4 cm³/mol. The highest BCUT2D eigenvalue weighted by Gasteiger charge is 2.24. The van der Waals surface area contributed by atoms with Crippen molar-refractivity contribution in [1.82, 2.24) is 5.32 Å². The van der Waals surface area contributed by atoms with Gasteiger partial charge in [0.15, 0.2) is 0 Å². The molecule has 0 fully saturated rings. The average molecular weight is 330 g/mol. The van der Waals surface area contributed by atoms with Crippen molar-refractivity contribution in [3.63, 3.8) is 0 Å². The quantitative estimate of drug-likeness (QED) is 0.891. The molecule has 24 heavy (non-hydrogen) atoms. The fraction of sp³-hybridized carbons (Fsp3) is 0.353. The molecule has 0 saturated heterocycles. The van der Waals surface area contributed by atoms with Crippen LogP contribution in [0.15, 0.2) is 28.7 Å². The fourth-order valence-electron chi connectivity index (χ4n) is 2.14. The number of hydrogen-bond donors (Lipinski definition) is 2. The van der Waals surface area contributed by atoms with Crippen LogP contribution in [0.25, 0.3) is 11.0 Å². The molecule has 0 aliphatic rings. The molecule has 1 heterocycles. The lowest BCUT2D eigenvalue weighted by Crippen LogP contribution is -2.44. The van der Waals surface area contributed by atoms with E-state index in [0.29, 0.717) is 11.1 Å². The van der Waals surface area contributed by atoms with Crippen LogP contribution in [-0.2, 0) is 16.0 Å². The third-order valence-corrected chi connectivity index (χ3v) is 3.12. The first-order valence-electron chi connectivity index (χ1n) is 7.33. The largest absolute Gasteiger partial charge is 0.480 e. The van der Waals surface area contributed by atoms with Crippen LogP contribution in [0.3, 0.4) is 0 Å². The van der Waals surface area contributed by atoms with Crippen LogP contribution in [0.4, 0.5) is 4.79 Å². The number of amides is 1. The van der Waals surface area contributed by atoms with Gasteiger partial charge in [0, 0.05) is 17.9 Å². The molecule has 0 saturated carbocycles. The monoisotopic (exact) mass is 330 g/mol. The Morgan fingerprint density at radius 1 is 1.38 bits per heavy atom. The summed E-state index contributed by atoms with van der Waals surface area (Å²) in [6, 6.07) is 7.50. The van der Waals surface area contributed by atoms with Crippen molar-refractivity contribution in [2.75, 3.05) is 0 Å². The zero-order chi connectivity index (χ0) is 17.9. The number of nitriles is 1. The van der Waals surface area contributed by atoms with E-state index in [9.17, 15) is 14.7 Å². The Hall–Kier alpha value is -3.01. The van der Waals surface area contributed by atoms with Gasteiger partial charge in [-0.2, -0.15) is 5.26 Å². The van der Waals surface area contributed by atoms with E-state index in [1.807, 2.05) is 6.07 Å². The SMILES string of the molecule is CC(C)(C)OC(=O)N[C@@H](Cc1ccc2cc(C#N)oc2c1)C(=O)O. The number of hydrogen-bond acceptors (Lipinski definition) is 5. The van der Waals surface area contributed by atoms with Crippen molar-refractivity contribution in [2.45, 2.75) is 38.8 Å². The van der Waals surface area contributed by atoms with Crippen LogP contribution >= 0.6 is 0 Å². The summed E-state index contributed by atoms with van der Waals surface area (Å²) < 4.78 is 10.4. The molecule has 0 unspecified atom stereocenters. The number of alkyl carbamates (subject to hydrolysis) is 1. The number of benzene rings is 1. The van der Waals surface area contributed by atoms with Crippen molar-refractivity contribution in [2.24, 2.45) is 0 Å². The predicted octanol–water partition coefficient (Wildman–Crippen LogP) is 2.82. The number of carbonyl (C=O) groups is 2. The number of rotatable bonds is 4. The number of carboxylic acids is 1. The second-order valence-electron chi connectivity index (χ2n) is 6.34. The highest BCUT2D eigenvalue weighted by atomic mass is 16.6. The number of ether oxygens (including phenoxy) is 1. The van der Waals surface area contributed by atoms with Crippen molar-refractivity contribution < 1.29 is 23.8 Å². The average Bonchev–Trinajstić information content (AvgIpc) is 2.86. The maximum absolute atomic E-state index is 11.8. The van der Waals surface area contributed by atoms with Crippen LogP contribution in [0.2, 0.25) is 0 Å². The number of aliphatic carboxylic acids is 1. The minimum Gasteiger partial charge on any atom is -0.480 e. The van der Waals surface area contributed by atoms with Crippen molar-refractivity contribution in [1.29, 1.82) is 5.26 Å². The van der Waals surface area contributed by atoms with Gasteiger partial charge in [0.05, 0.1) is 0 Å².